The first kappa shape index (κ1) is 26.8. The fourth-order valence-corrected chi connectivity index (χ4v) is 6.36. The van der Waals surface area contributed by atoms with Crippen molar-refractivity contribution in [2.75, 3.05) is 49.7 Å². The topological polar surface area (TPSA) is 122 Å². The number of sulfonamides is 2. The Morgan fingerprint density at radius 1 is 1.00 bits per heavy atom. The highest BCUT2D eigenvalue weighted by atomic mass is 32.2. The summed E-state index contributed by atoms with van der Waals surface area (Å²) in [6, 6.07) is 11.0. The summed E-state index contributed by atoms with van der Waals surface area (Å²) in [6.45, 7) is 1.04. The average molecular weight is 526 g/mol. The highest BCUT2D eigenvalue weighted by Gasteiger charge is 2.28. The second-order valence-corrected chi connectivity index (χ2v) is 12.0. The maximum atomic E-state index is 12.9. The standard InChI is InChI=1S/C23H31N3O7S2/c1-32-19-10-8-18(9-11-19)26(34(3,28)29)16-6-7-23(27)24-21-17-20(12-13-22(21)33-2)35(30,31)25-14-4-5-15-25/h8-13,17H,4-7,14-16H2,1-3H3,(H,24,27). The van der Waals surface area contributed by atoms with Gasteiger partial charge in [0.2, 0.25) is 26.0 Å². The zero-order chi connectivity index (χ0) is 25.6. The molecule has 0 atom stereocenters. The summed E-state index contributed by atoms with van der Waals surface area (Å²) in [5, 5.41) is 2.70. The van der Waals surface area contributed by atoms with Crippen LogP contribution in [0.25, 0.3) is 0 Å². The molecule has 0 spiro atoms. The molecule has 0 radical (unpaired) electrons. The van der Waals surface area contributed by atoms with Crippen LogP contribution in [-0.2, 0) is 24.8 Å². The Bertz CT molecular complexity index is 1240. The van der Waals surface area contributed by atoms with Crippen molar-refractivity contribution >= 4 is 37.3 Å². The molecule has 2 aromatic carbocycles. The van der Waals surface area contributed by atoms with Crippen molar-refractivity contribution < 1.29 is 31.1 Å². The average Bonchev–Trinajstić information content (AvgIpc) is 3.37. The highest BCUT2D eigenvalue weighted by molar-refractivity contribution is 7.92. The highest BCUT2D eigenvalue weighted by Crippen LogP contribution is 2.30. The molecular formula is C23H31N3O7S2. The SMILES string of the molecule is COc1ccc(N(CCCC(=O)Nc2cc(S(=O)(=O)N3CCCC3)ccc2OC)S(C)(=O)=O)cc1. The molecule has 0 unspecified atom stereocenters. The molecule has 0 bridgehead atoms. The van der Waals surface area contributed by atoms with Crippen LogP contribution in [0.1, 0.15) is 25.7 Å². The van der Waals surface area contributed by atoms with E-state index in [1.54, 1.807) is 24.3 Å². The molecule has 2 aromatic rings. The molecule has 1 saturated heterocycles. The van der Waals surface area contributed by atoms with E-state index in [9.17, 15) is 21.6 Å². The molecular weight excluding hydrogens is 494 g/mol. The Balaban J connectivity index is 1.68. The van der Waals surface area contributed by atoms with Crippen LogP contribution in [-0.4, -0.2) is 67.2 Å². The van der Waals surface area contributed by atoms with E-state index in [0.29, 0.717) is 30.3 Å². The second-order valence-electron chi connectivity index (χ2n) is 8.16. The molecule has 0 saturated carbocycles. The molecule has 10 nitrogen and oxygen atoms in total. The Kier molecular flexibility index (Phi) is 8.62. The molecule has 3 rings (SSSR count). The summed E-state index contributed by atoms with van der Waals surface area (Å²) >= 11 is 0. The lowest BCUT2D eigenvalue weighted by atomic mass is 10.2. The monoisotopic (exact) mass is 525 g/mol. The molecule has 1 aliphatic rings. The Morgan fingerprint density at radius 3 is 2.23 bits per heavy atom. The van der Waals surface area contributed by atoms with Gasteiger partial charge in [-0.2, -0.15) is 4.31 Å². The molecule has 1 aliphatic heterocycles. The van der Waals surface area contributed by atoms with Crippen LogP contribution in [0.4, 0.5) is 11.4 Å². The number of anilines is 2. The van der Waals surface area contributed by atoms with Gasteiger partial charge in [-0.25, -0.2) is 16.8 Å². The van der Waals surface area contributed by atoms with E-state index in [4.69, 9.17) is 9.47 Å². The first-order valence-electron chi connectivity index (χ1n) is 11.2. The first-order chi connectivity index (χ1) is 16.6. The van der Waals surface area contributed by atoms with Crippen molar-refractivity contribution in [1.29, 1.82) is 0 Å². The second kappa shape index (κ2) is 11.3. The third-order valence-electron chi connectivity index (χ3n) is 5.67. The van der Waals surface area contributed by atoms with E-state index in [0.717, 1.165) is 19.1 Å². The van der Waals surface area contributed by atoms with E-state index in [1.807, 2.05) is 0 Å². The Hall–Kier alpha value is -2.83. The minimum Gasteiger partial charge on any atom is -0.497 e. The van der Waals surface area contributed by atoms with Crippen LogP contribution in [0, 0.1) is 0 Å². The van der Waals surface area contributed by atoms with Gasteiger partial charge in [0.05, 0.1) is 36.7 Å². The Morgan fingerprint density at radius 2 is 1.66 bits per heavy atom. The molecule has 0 aliphatic carbocycles. The zero-order valence-electron chi connectivity index (χ0n) is 20.1. The molecule has 1 N–H and O–H groups in total. The maximum Gasteiger partial charge on any atom is 0.243 e. The smallest absolute Gasteiger partial charge is 0.243 e. The third-order valence-corrected chi connectivity index (χ3v) is 8.76. The number of ether oxygens (including phenoxy) is 2. The number of nitrogens with one attached hydrogen (secondary N) is 1. The molecule has 1 heterocycles. The number of nitrogens with zero attached hydrogens (tertiary/aromatic N) is 2. The predicted octanol–water partition coefficient (Wildman–Crippen LogP) is 2.67. The maximum absolute atomic E-state index is 12.9. The van der Waals surface area contributed by atoms with Crippen LogP contribution in [0.2, 0.25) is 0 Å². The van der Waals surface area contributed by atoms with E-state index in [-0.39, 0.29) is 35.9 Å². The number of amides is 1. The van der Waals surface area contributed by atoms with E-state index >= 15 is 0 Å². The molecule has 12 heteroatoms. The van der Waals surface area contributed by atoms with Crippen molar-refractivity contribution in [2.45, 2.75) is 30.6 Å². The van der Waals surface area contributed by atoms with Gasteiger partial charge in [-0.15, -0.1) is 0 Å². The summed E-state index contributed by atoms with van der Waals surface area (Å²) in [5.41, 5.74) is 0.711. The minimum atomic E-state index is -3.66. The summed E-state index contributed by atoms with van der Waals surface area (Å²) < 4.78 is 63.4. The lowest BCUT2D eigenvalue weighted by Gasteiger charge is -2.22. The van der Waals surface area contributed by atoms with Gasteiger partial charge >= 0.3 is 0 Å². The van der Waals surface area contributed by atoms with Gasteiger partial charge in [0.15, 0.2) is 0 Å². The van der Waals surface area contributed by atoms with Crippen LogP contribution >= 0.6 is 0 Å². The number of hydrogen-bond donors (Lipinski definition) is 1. The summed E-state index contributed by atoms with van der Waals surface area (Å²) in [5.74, 6) is 0.543. The predicted molar refractivity (Wildman–Crippen MR) is 134 cm³/mol. The van der Waals surface area contributed by atoms with Crippen molar-refractivity contribution in [2.24, 2.45) is 0 Å². The van der Waals surface area contributed by atoms with Gasteiger partial charge in [0, 0.05) is 26.1 Å². The van der Waals surface area contributed by atoms with Crippen molar-refractivity contribution in [3.05, 3.63) is 42.5 Å². The third kappa shape index (κ3) is 6.65. The molecule has 1 fully saturated rings. The lowest BCUT2D eigenvalue weighted by Crippen LogP contribution is -2.31. The summed E-state index contributed by atoms with van der Waals surface area (Å²) in [7, 11) is -4.27. The number of hydrogen-bond acceptors (Lipinski definition) is 7. The van der Waals surface area contributed by atoms with Gasteiger partial charge in [-0.1, -0.05) is 0 Å². The van der Waals surface area contributed by atoms with E-state index in [2.05, 4.69) is 5.32 Å². The fourth-order valence-electron chi connectivity index (χ4n) is 3.85. The molecule has 1 amide bonds. The number of carbonyl (C=O) groups is 1. The van der Waals surface area contributed by atoms with Gasteiger partial charge in [0.25, 0.3) is 0 Å². The van der Waals surface area contributed by atoms with Gasteiger partial charge in [-0.3, -0.25) is 9.10 Å². The molecule has 192 valence electrons. The zero-order valence-corrected chi connectivity index (χ0v) is 21.7. The molecule has 35 heavy (non-hydrogen) atoms. The number of methoxy groups -OCH3 is 2. The summed E-state index contributed by atoms with van der Waals surface area (Å²) in [4.78, 5) is 12.7. The quantitative estimate of drug-likeness (QED) is 0.479. The van der Waals surface area contributed by atoms with Gasteiger partial charge in [0.1, 0.15) is 11.5 Å². The van der Waals surface area contributed by atoms with E-state index in [1.165, 1.54) is 41.0 Å². The van der Waals surface area contributed by atoms with Crippen molar-refractivity contribution in [3.63, 3.8) is 0 Å². The van der Waals surface area contributed by atoms with Gasteiger partial charge in [-0.05, 0) is 61.7 Å². The normalized spacial score (nSPS) is 14.5. The van der Waals surface area contributed by atoms with Crippen LogP contribution in [0.3, 0.4) is 0 Å². The molecule has 0 aromatic heterocycles. The van der Waals surface area contributed by atoms with Gasteiger partial charge < -0.3 is 14.8 Å². The van der Waals surface area contributed by atoms with Crippen LogP contribution < -0.4 is 19.1 Å². The number of benzene rings is 2. The number of rotatable bonds is 11. The number of carbonyl (C=O) groups excluding carboxylic acids is 1. The Labute approximate surface area is 206 Å². The van der Waals surface area contributed by atoms with E-state index < -0.39 is 20.0 Å². The first-order valence-corrected chi connectivity index (χ1v) is 14.4. The fraction of sp³-hybridized carbons (Fsp3) is 0.435. The lowest BCUT2D eigenvalue weighted by molar-refractivity contribution is -0.116. The largest absolute Gasteiger partial charge is 0.497 e. The van der Waals surface area contributed by atoms with Crippen LogP contribution in [0.15, 0.2) is 47.4 Å². The minimum absolute atomic E-state index is 0.0223. The summed E-state index contributed by atoms with van der Waals surface area (Å²) in [6.07, 6.45) is 3.02. The van der Waals surface area contributed by atoms with Crippen molar-refractivity contribution in [3.8, 4) is 11.5 Å². The van der Waals surface area contributed by atoms with Crippen LogP contribution in [0.5, 0.6) is 11.5 Å². The van der Waals surface area contributed by atoms with Crippen molar-refractivity contribution in [1.82, 2.24) is 4.31 Å².